The van der Waals surface area contributed by atoms with Crippen LogP contribution in [0.1, 0.15) is 35.3 Å². The molecule has 0 spiro atoms. The minimum absolute atomic E-state index is 0.0360. The van der Waals surface area contributed by atoms with E-state index < -0.39 is 16.0 Å². The van der Waals surface area contributed by atoms with Crippen LogP contribution in [0.5, 0.6) is 5.75 Å². The summed E-state index contributed by atoms with van der Waals surface area (Å²) in [6.07, 6.45) is -0.421. The molecule has 1 fully saturated rings. The number of carbonyl (C=O) groups is 1. The van der Waals surface area contributed by atoms with Crippen molar-refractivity contribution in [3.63, 3.8) is 0 Å². The van der Waals surface area contributed by atoms with Crippen LogP contribution in [0.15, 0.2) is 41.3 Å². The molecule has 2 aliphatic rings. The van der Waals surface area contributed by atoms with Gasteiger partial charge in [0, 0.05) is 29.2 Å². The second kappa shape index (κ2) is 9.36. The summed E-state index contributed by atoms with van der Waals surface area (Å²) in [6, 6.07) is 9.25. The molecule has 32 heavy (non-hydrogen) atoms. The normalized spacial score (nSPS) is 21.5. The quantitative estimate of drug-likeness (QED) is 0.604. The fourth-order valence-corrected chi connectivity index (χ4v) is 5.75. The first kappa shape index (κ1) is 23.0. The van der Waals surface area contributed by atoms with Crippen LogP contribution < -0.4 is 4.74 Å². The molecule has 2 heterocycles. The van der Waals surface area contributed by atoms with Gasteiger partial charge < -0.3 is 18.9 Å². The number of carbonyl (C=O) groups excluding carboxylic acids is 1. The number of rotatable bonds is 5. The van der Waals surface area contributed by atoms with Crippen molar-refractivity contribution in [3.05, 3.63) is 58.1 Å². The molecule has 0 saturated carbocycles. The van der Waals surface area contributed by atoms with Gasteiger partial charge in [0.25, 0.3) is 0 Å². The molecule has 0 aliphatic carbocycles. The lowest BCUT2D eigenvalue weighted by Gasteiger charge is -2.34. The maximum atomic E-state index is 13.1. The molecule has 4 rings (SSSR count). The molecule has 2 aromatic carbocycles. The molecule has 8 nitrogen and oxygen atoms in total. The number of fused-ring (bicyclic) bond motifs is 1. The smallest absolute Gasteiger partial charge is 0.338 e. The molecule has 2 atom stereocenters. The second-order valence-electron chi connectivity index (χ2n) is 7.85. The van der Waals surface area contributed by atoms with Gasteiger partial charge in [-0.2, -0.15) is 4.31 Å². The molecule has 2 aliphatic heterocycles. The van der Waals surface area contributed by atoms with E-state index >= 15 is 0 Å². The van der Waals surface area contributed by atoms with Gasteiger partial charge in [0.15, 0.2) is 6.79 Å². The van der Waals surface area contributed by atoms with Gasteiger partial charge >= 0.3 is 5.97 Å². The number of hydrogen-bond acceptors (Lipinski definition) is 7. The van der Waals surface area contributed by atoms with Crippen molar-refractivity contribution in [1.82, 2.24) is 4.31 Å². The van der Waals surface area contributed by atoms with E-state index in [1.807, 2.05) is 13.8 Å². The first-order valence-corrected chi connectivity index (χ1v) is 12.0. The van der Waals surface area contributed by atoms with Crippen LogP contribution in [0.2, 0.25) is 5.02 Å². The monoisotopic (exact) mass is 481 g/mol. The molecule has 0 radical (unpaired) electrons. The lowest BCUT2D eigenvalue weighted by molar-refractivity contribution is -0.0440. The number of esters is 1. The Balaban J connectivity index is 1.50. The topological polar surface area (TPSA) is 91.4 Å². The van der Waals surface area contributed by atoms with E-state index in [2.05, 4.69) is 0 Å². The summed E-state index contributed by atoms with van der Waals surface area (Å²) in [5.41, 5.74) is 1.53. The highest BCUT2D eigenvalue weighted by molar-refractivity contribution is 7.89. The third-order valence-corrected chi connectivity index (χ3v) is 7.25. The number of halogens is 1. The molecular formula is C22H24ClNO7S. The zero-order chi connectivity index (χ0) is 22.9. The SMILES string of the molecule is CC1CN(S(=O)(=O)c2cccc(C(=O)OCc3cc(Cl)cc4c3OCOC4)c2)CC(C)O1. The Kier molecular flexibility index (Phi) is 6.73. The Morgan fingerprint density at radius 3 is 2.69 bits per heavy atom. The van der Waals surface area contributed by atoms with Crippen molar-refractivity contribution in [2.75, 3.05) is 19.9 Å². The maximum absolute atomic E-state index is 13.1. The van der Waals surface area contributed by atoms with Gasteiger partial charge in [-0.15, -0.1) is 0 Å². The third-order valence-electron chi connectivity index (χ3n) is 5.20. The number of morpholine rings is 1. The van der Waals surface area contributed by atoms with Gasteiger partial charge in [-0.3, -0.25) is 0 Å². The summed E-state index contributed by atoms with van der Waals surface area (Å²) in [5.74, 6) is -0.0631. The average molecular weight is 482 g/mol. The predicted octanol–water partition coefficient (Wildman–Crippen LogP) is 3.36. The zero-order valence-electron chi connectivity index (χ0n) is 17.7. The van der Waals surface area contributed by atoms with Gasteiger partial charge in [-0.05, 0) is 44.2 Å². The van der Waals surface area contributed by atoms with E-state index in [-0.39, 0.29) is 49.2 Å². The van der Waals surface area contributed by atoms with E-state index in [0.29, 0.717) is 22.9 Å². The minimum atomic E-state index is -3.77. The van der Waals surface area contributed by atoms with Gasteiger partial charge in [-0.25, -0.2) is 13.2 Å². The highest BCUT2D eigenvalue weighted by Gasteiger charge is 2.32. The first-order valence-electron chi connectivity index (χ1n) is 10.2. The molecule has 2 aromatic rings. The molecule has 10 heteroatoms. The van der Waals surface area contributed by atoms with Crippen LogP contribution in [-0.4, -0.2) is 50.8 Å². The second-order valence-corrected chi connectivity index (χ2v) is 10.2. The van der Waals surface area contributed by atoms with E-state index in [0.717, 1.165) is 5.56 Å². The number of nitrogens with zero attached hydrogens (tertiary/aromatic N) is 1. The van der Waals surface area contributed by atoms with E-state index in [1.54, 1.807) is 12.1 Å². The Bertz CT molecular complexity index is 1110. The van der Waals surface area contributed by atoms with Crippen molar-refractivity contribution >= 4 is 27.6 Å². The lowest BCUT2D eigenvalue weighted by atomic mass is 10.1. The zero-order valence-corrected chi connectivity index (χ0v) is 19.3. The molecular weight excluding hydrogens is 458 g/mol. The van der Waals surface area contributed by atoms with Crippen LogP contribution in [0.3, 0.4) is 0 Å². The molecule has 0 aromatic heterocycles. The summed E-state index contributed by atoms with van der Waals surface area (Å²) in [7, 11) is -3.77. The van der Waals surface area contributed by atoms with Crippen LogP contribution in [0, 0.1) is 0 Å². The Morgan fingerprint density at radius 2 is 1.94 bits per heavy atom. The first-order chi connectivity index (χ1) is 15.2. The van der Waals surface area contributed by atoms with Gasteiger partial charge in [0.05, 0.1) is 29.3 Å². The summed E-state index contributed by atoms with van der Waals surface area (Å²) in [5, 5.41) is 0.478. The third kappa shape index (κ3) is 4.92. The van der Waals surface area contributed by atoms with Crippen molar-refractivity contribution in [2.45, 2.75) is 44.2 Å². The van der Waals surface area contributed by atoms with Crippen molar-refractivity contribution in [2.24, 2.45) is 0 Å². The Morgan fingerprint density at radius 1 is 1.19 bits per heavy atom. The van der Waals surface area contributed by atoms with E-state index in [1.165, 1.54) is 28.6 Å². The standard InChI is InChI=1S/C22H24ClNO7S/c1-14-9-24(10-15(2)31-14)32(26,27)20-5-3-4-16(8-20)22(25)29-12-18-7-19(23)6-17-11-28-13-30-21(17)18/h3-8,14-15H,9-13H2,1-2H3. The van der Waals surface area contributed by atoms with Crippen LogP contribution >= 0.6 is 11.6 Å². The average Bonchev–Trinajstić information content (AvgIpc) is 2.76. The molecule has 0 N–H and O–H groups in total. The van der Waals surface area contributed by atoms with E-state index in [4.69, 9.17) is 30.5 Å². The van der Waals surface area contributed by atoms with Crippen LogP contribution in [0.4, 0.5) is 0 Å². The number of benzene rings is 2. The number of hydrogen-bond donors (Lipinski definition) is 0. The number of ether oxygens (including phenoxy) is 4. The fourth-order valence-electron chi connectivity index (χ4n) is 3.85. The van der Waals surface area contributed by atoms with Crippen LogP contribution in [-0.2, 0) is 37.4 Å². The molecule has 172 valence electrons. The van der Waals surface area contributed by atoms with Crippen LogP contribution in [0.25, 0.3) is 0 Å². The van der Waals surface area contributed by atoms with Gasteiger partial charge in [0.2, 0.25) is 10.0 Å². The summed E-state index contributed by atoms with van der Waals surface area (Å²) < 4.78 is 49.4. The molecule has 1 saturated heterocycles. The summed E-state index contributed by atoms with van der Waals surface area (Å²) in [4.78, 5) is 12.7. The molecule has 0 bridgehead atoms. The Labute approximate surface area is 192 Å². The van der Waals surface area contributed by atoms with E-state index in [9.17, 15) is 13.2 Å². The van der Waals surface area contributed by atoms with Crippen molar-refractivity contribution in [1.29, 1.82) is 0 Å². The largest absolute Gasteiger partial charge is 0.467 e. The van der Waals surface area contributed by atoms with Crippen molar-refractivity contribution in [3.8, 4) is 5.75 Å². The minimum Gasteiger partial charge on any atom is -0.467 e. The summed E-state index contributed by atoms with van der Waals surface area (Å²) >= 11 is 6.15. The molecule has 2 unspecified atom stereocenters. The van der Waals surface area contributed by atoms with Crippen molar-refractivity contribution < 1.29 is 32.2 Å². The highest BCUT2D eigenvalue weighted by Crippen LogP contribution is 2.32. The summed E-state index contributed by atoms with van der Waals surface area (Å²) in [6.45, 7) is 4.56. The van der Waals surface area contributed by atoms with Gasteiger partial charge in [0.1, 0.15) is 12.4 Å². The Hall–Kier alpha value is -2.17. The number of sulfonamides is 1. The lowest BCUT2D eigenvalue weighted by Crippen LogP contribution is -2.48. The predicted molar refractivity (Wildman–Crippen MR) is 116 cm³/mol. The van der Waals surface area contributed by atoms with Gasteiger partial charge in [-0.1, -0.05) is 17.7 Å². The molecule has 0 amide bonds. The fraction of sp³-hybridized carbons (Fsp3) is 0.409. The highest BCUT2D eigenvalue weighted by atomic mass is 35.5. The maximum Gasteiger partial charge on any atom is 0.338 e.